The second-order valence-corrected chi connectivity index (χ2v) is 5.16. The molecule has 1 amide bonds. The van der Waals surface area contributed by atoms with Crippen LogP contribution in [0, 0.1) is 13.2 Å². The maximum Gasteiger partial charge on any atom is 0.368 e. The molecule has 2 rings (SSSR count). The van der Waals surface area contributed by atoms with Crippen LogP contribution in [-0.2, 0) is 14.3 Å². The molecule has 0 saturated carbocycles. The standard InChI is InChI=1S/C18H18NO5/c1-11-5-4-6-16(17(11)22)18(23-13(3)21)24-15-9-7-14(8-10-15)19-12(2)20/h4-10,22H,1-3H3,(H,19,20). The lowest BCUT2D eigenvalue weighted by Crippen LogP contribution is -2.16. The SMILES string of the molecule is CC(=O)Nc1ccc(O[C](OC(C)=O)c2cccc(C)c2O)cc1. The molecule has 0 aliphatic heterocycles. The van der Waals surface area contributed by atoms with Gasteiger partial charge in [0.25, 0.3) is 0 Å². The third-order valence-electron chi connectivity index (χ3n) is 3.08. The molecule has 6 heteroatoms. The van der Waals surface area contributed by atoms with Gasteiger partial charge in [0.05, 0.1) is 5.56 Å². The Bertz CT molecular complexity index is 740. The molecule has 1 radical (unpaired) electrons. The summed E-state index contributed by atoms with van der Waals surface area (Å²) in [6.07, 6.45) is -0.115. The van der Waals surface area contributed by atoms with E-state index in [-0.39, 0.29) is 23.5 Å². The number of nitrogens with one attached hydrogen (secondary N) is 1. The third-order valence-corrected chi connectivity index (χ3v) is 3.08. The second-order valence-electron chi connectivity index (χ2n) is 5.16. The first-order valence-corrected chi connectivity index (χ1v) is 7.26. The fourth-order valence-electron chi connectivity index (χ4n) is 2.00. The van der Waals surface area contributed by atoms with Crippen LogP contribution in [-0.4, -0.2) is 17.0 Å². The van der Waals surface area contributed by atoms with Gasteiger partial charge in [-0.1, -0.05) is 12.1 Å². The molecule has 125 valence electrons. The van der Waals surface area contributed by atoms with E-state index in [1.54, 1.807) is 49.4 Å². The number of rotatable bonds is 5. The van der Waals surface area contributed by atoms with Gasteiger partial charge >= 0.3 is 12.3 Å². The van der Waals surface area contributed by atoms with Gasteiger partial charge in [0.15, 0.2) is 0 Å². The smallest absolute Gasteiger partial charge is 0.368 e. The zero-order chi connectivity index (χ0) is 17.7. The number of hydrogen-bond donors (Lipinski definition) is 2. The molecule has 0 fully saturated rings. The number of hydrogen-bond acceptors (Lipinski definition) is 5. The quantitative estimate of drug-likeness (QED) is 0.824. The van der Waals surface area contributed by atoms with E-state index in [9.17, 15) is 14.7 Å². The van der Waals surface area contributed by atoms with E-state index in [0.29, 0.717) is 17.0 Å². The lowest BCUT2D eigenvalue weighted by atomic mass is 10.1. The number of para-hydroxylation sites is 1. The Morgan fingerprint density at radius 2 is 1.71 bits per heavy atom. The van der Waals surface area contributed by atoms with E-state index in [1.165, 1.54) is 13.8 Å². The van der Waals surface area contributed by atoms with E-state index in [4.69, 9.17) is 9.47 Å². The molecule has 0 aromatic heterocycles. The summed E-state index contributed by atoms with van der Waals surface area (Å²) in [5.74, 6) is -0.383. The molecule has 0 saturated heterocycles. The normalized spacial score (nSPS) is 10.3. The molecule has 0 spiro atoms. The number of amides is 1. The fourth-order valence-corrected chi connectivity index (χ4v) is 2.00. The van der Waals surface area contributed by atoms with Crippen LogP contribution in [0.1, 0.15) is 25.0 Å². The van der Waals surface area contributed by atoms with Gasteiger partial charge in [0.2, 0.25) is 5.91 Å². The monoisotopic (exact) mass is 328 g/mol. The molecule has 0 aliphatic rings. The highest BCUT2D eigenvalue weighted by Gasteiger charge is 2.24. The van der Waals surface area contributed by atoms with Gasteiger partial charge in [-0.3, -0.25) is 9.59 Å². The molecule has 0 unspecified atom stereocenters. The summed E-state index contributed by atoms with van der Waals surface area (Å²) in [5.41, 5.74) is 1.51. The van der Waals surface area contributed by atoms with Gasteiger partial charge in [-0.25, -0.2) is 0 Å². The summed E-state index contributed by atoms with van der Waals surface area (Å²) in [4.78, 5) is 22.4. The summed E-state index contributed by atoms with van der Waals surface area (Å²) in [6.45, 7) is 4.39. The van der Waals surface area contributed by atoms with Crippen molar-refractivity contribution in [3.63, 3.8) is 0 Å². The Labute approximate surface area is 140 Å². The number of aryl methyl sites for hydroxylation is 1. The highest BCUT2D eigenvalue weighted by molar-refractivity contribution is 5.88. The van der Waals surface area contributed by atoms with Crippen LogP contribution >= 0.6 is 0 Å². The molecular weight excluding hydrogens is 310 g/mol. The second kappa shape index (κ2) is 7.50. The topological polar surface area (TPSA) is 84.9 Å². The van der Waals surface area contributed by atoms with Crippen molar-refractivity contribution in [2.24, 2.45) is 0 Å². The van der Waals surface area contributed by atoms with Crippen LogP contribution in [0.4, 0.5) is 5.69 Å². The molecule has 0 bridgehead atoms. The first-order chi connectivity index (χ1) is 11.4. The number of phenolic OH excluding ortho intramolecular Hbond substituents is 1. The number of phenols is 1. The molecule has 0 aliphatic carbocycles. The largest absolute Gasteiger partial charge is 0.507 e. The summed E-state index contributed by atoms with van der Waals surface area (Å²) in [7, 11) is 0. The molecule has 2 aromatic carbocycles. The molecule has 24 heavy (non-hydrogen) atoms. The maximum absolute atomic E-state index is 11.3. The van der Waals surface area contributed by atoms with Crippen LogP contribution in [0.2, 0.25) is 0 Å². The molecule has 6 nitrogen and oxygen atoms in total. The Morgan fingerprint density at radius 1 is 1.04 bits per heavy atom. The minimum Gasteiger partial charge on any atom is -0.507 e. The predicted octanol–water partition coefficient (Wildman–Crippen LogP) is 3.14. The van der Waals surface area contributed by atoms with Crippen molar-refractivity contribution >= 4 is 17.6 Å². The predicted molar refractivity (Wildman–Crippen MR) is 88.3 cm³/mol. The van der Waals surface area contributed by atoms with Crippen molar-refractivity contribution in [2.45, 2.75) is 20.8 Å². The van der Waals surface area contributed by atoms with Gasteiger partial charge in [0, 0.05) is 19.5 Å². The van der Waals surface area contributed by atoms with Gasteiger partial charge < -0.3 is 19.9 Å². The highest BCUT2D eigenvalue weighted by atomic mass is 16.7. The van der Waals surface area contributed by atoms with E-state index in [0.717, 1.165) is 0 Å². The van der Waals surface area contributed by atoms with Crippen molar-refractivity contribution in [3.8, 4) is 11.5 Å². The van der Waals surface area contributed by atoms with Crippen LogP contribution in [0.25, 0.3) is 0 Å². The van der Waals surface area contributed by atoms with Crippen molar-refractivity contribution in [3.05, 3.63) is 59.9 Å². The van der Waals surface area contributed by atoms with Crippen LogP contribution < -0.4 is 10.1 Å². The van der Waals surface area contributed by atoms with Crippen molar-refractivity contribution in [2.75, 3.05) is 5.32 Å². The van der Waals surface area contributed by atoms with Gasteiger partial charge in [0.1, 0.15) is 11.5 Å². The van der Waals surface area contributed by atoms with E-state index < -0.39 is 5.97 Å². The fraction of sp³-hybridized carbons (Fsp3) is 0.167. The van der Waals surface area contributed by atoms with Crippen molar-refractivity contribution in [1.82, 2.24) is 0 Å². The van der Waals surface area contributed by atoms with Crippen molar-refractivity contribution < 1.29 is 24.2 Å². The van der Waals surface area contributed by atoms with Gasteiger partial charge in [-0.15, -0.1) is 0 Å². The Morgan fingerprint density at radius 3 is 2.29 bits per heavy atom. The zero-order valence-corrected chi connectivity index (χ0v) is 13.6. The number of anilines is 1. The Kier molecular flexibility index (Phi) is 5.42. The summed E-state index contributed by atoms with van der Waals surface area (Å²) in [5, 5.41) is 12.8. The summed E-state index contributed by atoms with van der Waals surface area (Å²) in [6, 6.07) is 11.6. The molecule has 0 heterocycles. The lowest BCUT2D eigenvalue weighted by molar-refractivity contribution is -0.144. The number of carbonyl (C=O) groups is 2. The number of ether oxygens (including phenoxy) is 2. The van der Waals surface area contributed by atoms with Crippen LogP contribution in [0.3, 0.4) is 0 Å². The number of esters is 1. The third kappa shape index (κ3) is 4.49. The number of carbonyl (C=O) groups excluding carboxylic acids is 2. The van der Waals surface area contributed by atoms with Crippen LogP contribution in [0.5, 0.6) is 11.5 Å². The number of aromatic hydroxyl groups is 1. The Hall–Kier alpha value is -3.02. The number of benzene rings is 2. The lowest BCUT2D eigenvalue weighted by Gasteiger charge is -2.18. The highest BCUT2D eigenvalue weighted by Crippen LogP contribution is 2.31. The maximum atomic E-state index is 11.3. The Balaban J connectivity index is 2.24. The average molecular weight is 328 g/mol. The van der Waals surface area contributed by atoms with Crippen LogP contribution in [0.15, 0.2) is 42.5 Å². The van der Waals surface area contributed by atoms with E-state index >= 15 is 0 Å². The first kappa shape index (κ1) is 17.3. The average Bonchev–Trinajstić information content (AvgIpc) is 2.50. The summed E-state index contributed by atoms with van der Waals surface area (Å²) < 4.78 is 10.7. The molecule has 0 atom stereocenters. The van der Waals surface area contributed by atoms with Crippen molar-refractivity contribution in [1.29, 1.82) is 0 Å². The first-order valence-electron chi connectivity index (χ1n) is 7.26. The molecular formula is C18H18NO5. The van der Waals surface area contributed by atoms with Gasteiger partial charge in [-0.05, 0) is 42.8 Å². The van der Waals surface area contributed by atoms with E-state index in [2.05, 4.69) is 5.32 Å². The minimum absolute atomic E-state index is 0.0244. The summed E-state index contributed by atoms with van der Waals surface area (Å²) >= 11 is 0. The van der Waals surface area contributed by atoms with Gasteiger partial charge in [-0.2, -0.15) is 0 Å². The minimum atomic E-state index is -0.569. The molecule has 2 aromatic rings. The zero-order valence-electron chi connectivity index (χ0n) is 13.6. The van der Waals surface area contributed by atoms with E-state index in [1.807, 2.05) is 0 Å². The molecule has 2 N–H and O–H groups in total.